The van der Waals surface area contributed by atoms with Crippen LogP contribution >= 0.6 is 11.3 Å². The number of thiophene rings is 1. The molecule has 9 heteroatoms. The van der Waals surface area contributed by atoms with Crippen LogP contribution in [0, 0.1) is 5.82 Å². The van der Waals surface area contributed by atoms with Crippen LogP contribution in [0.3, 0.4) is 0 Å². The van der Waals surface area contributed by atoms with Gasteiger partial charge in [-0.1, -0.05) is 12.1 Å². The summed E-state index contributed by atoms with van der Waals surface area (Å²) in [6.07, 6.45) is 1.67. The third-order valence-electron chi connectivity index (χ3n) is 5.26. The molecule has 0 spiro atoms. The Morgan fingerprint density at radius 3 is 2.73 bits per heavy atom. The fourth-order valence-corrected chi connectivity index (χ4v) is 4.93. The zero-order valence-electron chi connectivity index (χ0n) is 15.5. The van der Waals surface area contributed by atoms with Crippen LogP contribution in [0.5, 0.6) is 0 Å². The molecule has 1 fully saturated rings. The molecule has 150 valence electrons. The van der Waals surface area contributed by atoms with Gasteiger partial charge in [-0.05, 0) is 42.0 Å². The van der Waals surface area contributed by atoms with Gasteiger partial charge in [0, 0.05) is 23.2 Å². The number of hydrogen-bond donors (Lipinski definition) is 2. The average Bonchev–Trinajstić information content (AvgIpc) is 3.41. The standard InChI is InChI=1S/C21H15FN4O3S/c22-13-5-4-12-10-26(18(27)14(12)9-13)11-21(19(28)24-20(29)25-21)17-7-6-16(30-17)15-3-1-2-8-23-15/h1-9H,10-11H2,(H2,24,25,28,29). The van der Waals surface area contributed by atoms with E-state index < -0.39 is 23.3 Å². The van der Waals surface area contributed by atoms with Gasteiger partial charge in [-0.2, -0.15) is 0 Å². The van der Waals surface area contributed by atoms with E-state index in [2.05, 4.69) is 15.6 Å². The SMILES string of the molecule is O=C1NC(=O)C(CN2Cc3ccc(F)cc3C2=O)(c2ccc(-c3ccccn3)s2)N1. The minimum Gasteiger partial charge on any atom is -0.331 e. The molecule has 1 saturated heterocycles. The van der Waals surface area contributed by atoms with Gasteiger partial charge in [0.15, 0.2) is 5.54 Å². The maximum atomic E-state index is 13.6. The molecule has 0 aliphatic carbocycles. The summed E-state index contributed by atoms with van der Waals surface area (Å²) in [6, 6.07) is 12.5. The third-order valence-corrected chi connectivity index (χ3v) is 6.53. The summed E-state index contributed by atoms with van der Waals surface area (Å²) in [4.78, 5) is 44.9. The van der Waals surface area contributed by atoms with Crippen LogP contribution < -0.4 is 10.6 Å². The highest BCUT2D eigenvalue weighted by molar-refractivity contribution is 7.15. The molecule has 0 bridgehead atoms. The number of benzene rings is 1. The monoisotopic (exact) mass is 422 g/mol. The van der Waals surface area contributed by atoms with Crippen LogP contribution in [-0.2, 0) is 16.9 Å². The lowest BCUT2D eigenvalue weighted by atomic mass is 9.96. The fraction of sp³-hybridized carbons (Fsp3) is 0.143. The lowest BCUT2D eigenvalue weighted by Crippen LogP contribution is -2.52. The number of imide groups is 1. The molecule has 2 N–H and O–H groups in total. The minimum atomic E-state index is -1.43. The molecule has 3 aromatic rings. The first-order valence-electron chi connectivity index (χ1n) is 9.19. The van der Waals surface area contributed by atoms with Crippen molar-refractivity contribution in [3.05, 3.63) is 76.5 Å². The summed E-state index contributed by atoms with van der Waals surface area (Å²) in [7, 11) is 0. The van der Waals surface area contributed by atoms with Crippen molar-refractivity contribution in [3.63, 3.8) is 0 Å². The van der Waals surface area contributed by atoms with Crippen molar-refractivity contribution in [2.75, 3.05) is 6.54 Å². The summed E-state index contributed by atoms with van der Waals surface area (Å²) in [6.45, 7) is 0.166. The summed E-state index contributed by atoms with van der Waals surface area (Å²) in [5.41, 5.74) is 0.274. The van der Waals surface area contributed by atoms with Gasteiger partial charge in [-0.3, -0.25) is 19.9 Å². The molecule has 4 heterocycles. The van der Waals surface area contributed by atoms with Crippen molar-refractivity contribution in [1.29, 1.82) is 0 Å². The van der Waals surface area contributed by atoms with Crippen LogP contribution in [0.4, 0.5) is 9.18 Å². The number of nitrogens with zero attached hydrogens (tertiary/aromatic N) is 2. The number of aromatic nitrogens is 1. The lowest BCUT2D eigenvalue weighted by molar-refractivity contribution is -0.124. The maximum Gasteiger partial charge on any atom is 0.322 e. The predicted molar refractivity (Wildman–Crippen MR) is 107 cm³/mol. The van der Waals surface area contributed by atoms with Gasteiger partial charge in [-0.25, -0.2) is 9.18 Å². The molecule has 4 amide bonds. The summed E-state index contributed by atoms with van der Waals surface area (Å²) in [5.74, 6) is -1.40. The van der Waals surface area contributed by atoms with Crippen molar-refractivity contribution >= 4 is 29.2 Å². The van der Waals surface area contributed by atoms with Gasteiger partial charge >= 0.3 is 6.03 Å². The van der Waals surface area contributed by atoms with Gasteiger partial charge < -0.3 is 10.2 Å². The zero-order chi connectivity index (χ0) is 20.9. The molecule has 1 atom stereocenters. The summed E-state index contributed by atoms with van der Waals surface area (Å²) in [5, 5.41) is 4.98. The van der Waals surface area contributed by atoms with Crippen LogP contribution in [0.15, 0.2) is 54.7 Å². The maximum absolute atomic E-state index is 13.6. The fourth-order valence-electron chi connectivity index (χ4n) is 3.82. The number of nitrogens with one attached hydrogen (secondary N) is 2. The second-order valence-corrected chi connectivity index (χ2v) is 8.24. The van der Waals surface area contributed by atoms with Crippen molar-refractivity contribution in [3.8, 4) is 10.6 Å². The Bertz CT molecular complexity index is 1200. The molecule has 0 radical (unpaired) electrons. The molecule has 1 aromatic carbocycles. The second-order valence-electron chi connectivity index (χ2n) is 7.16. The Kier molecular flexibility index (Phi) is 4.14. The number of fused-ring (bicyclic) bond motifs is 1. The van der Waals surface area contributed by atoms with E-state index in [1.165, 1.54) is 28.4 Å². The van der Waals surface area contributed by atoms with Crippen molar-refractivity contribution < 1.29 is 18.8 Å². The molecule has 2 aliphatic rings. The Hall–Kier alpha value is -3.59. The molecule has 1 unspecified atom stereocenters. The topological polar surface area (TPSA) is 91.4 Å². The van der Waals surface area contributed by atoms with Gasteiger partial charge in [0.05, 0.1) is 17.1 Å². The van der Waals surface area contributed by atoms with E-state index in [1.54, 1.807) is 18.3 Å². The van der Waals surface area contributed by atoms with E-state index in [1.807, 2.05) is 24.3 Å². The first-order valence-corrected chi connectivity index (χ1v) is 10.0. The van der Waals surface area contributed by atoms with Crippen molar-refractivity contribution in [2.24, 2.45) is 0 Å². The number of amides is 4. The van der Waals surface area contributed by atoms with E-state index in [9.17, 15) is 18.8 Å². The Morgan fingerprint density at radius 2 is 2.00 bits per heavy atom. The number of hydrogen-bond acceptors (Lipinski definition) is 5. The highest BCUT2D eigenvalue weighted by Gasteiger charge is 2.51. The highest BCUT2D eigenvalue weighted by Crippen LogP contribution is 2.37. The third kappa shape index (κ3) is 2.86. The highest BCUT2D eigenvalue weighted by atomic mass is 32.1. The molecular weight excluding hydrogens is 407 g/mol. The molecule has 7 nitrogen and oxygen atoms in total. The smallest absolute Gasteiger partial charge is 0.322 e. The first-order chi connectivity index (χ1) is 14.5. The van der Waals surface area contributed by atoms with Crippen LogP contribution in [0.2, 0.25) is 0 Å². The normalized spacial score (nSPS) is 20.3. The van der Waals surface area contributed by atoms with Gasteiger partial charge in [0.25, 0.3) is 11.8 Å². The second kappa shape index (κ2) is 6.74. The number of carbonyl (C=O) groups is 3. The Morgan fingerprint density at radius 1 is 1.13 bits per heavy atom. The van der Waals surface area contributed by atoms with E-state index in [4.69, 9.17) is 0 Å². The average molecular weight is 422 g/mol. The van der Waals surface area contributed by atoms with E-state index in [0.717, 1.165) is 10.6 Å². The van der Waals surface area contributed by atoms with Crippen LogP contribution in [0.1, 0.15) is 20.8 Å². The van der Waals surface area contributed by atoms with Crippen molar-refractivity contribution in [2.45, 2.75) is 12.1 Å². The predicted octanol–water partition coefficient (Wildman–Crippen LogP) is 2.64. The number of pyridine rings is 1. The number of rotatable bonds is 4. The summed E-state index contributed by atoms with van der Waals surface area (Å²) < 4.78 is 13.6. The van der Waals surface area contributed by atoms with E-state index in [-0.39, 0.29) is 24.6 Å². The Balaban J connectivity index is 1.51. The first kappa shape index (κ1) is 18.4. The molecule has 2 aliphatic heterocycles. The molecular formula is C21H15FN4O3S. The van der Waals surface area contributed by atoms with Gasteiger partial charge in [-0.15, -0.1) is 11.3 Å². The Labute approximate surface area is 174 Å². The van der Waals surface area contributed by atoms with Crippen LogP contribution in [0.25, 0.3) is 10.6 Å². The molecule has 2 aromatic heterocycles. The van der Waals surface area contributed by atoms with Gasteiger partial charge in [0.2, 0.25) is 0 Å². The summed E-state index contributed by atoms with van der Waals surface area (Å²) >= 11 is 1.32. The number of halogens is 1. The minimum absolute atomic E-state index is 0.0676. The van der Waals surface area contributed by atoms with Crippen LogP contribution in [-0.4, -0.2) is 34.3 Å². The lowest BCUT2D eigenvalue weighted by Gasteiger charge is -2.30. The molecule has 5 rings (SSSR count). The largest absolute Gasteiger partial charge is 0.331 e. The quantitative estimate of drug-likeness (QED) is 0.633. The molecule has 30 heavy (non-hydrogen) atoms. The number of carbonyl (C=O) groups excluding carboxylic acids is 3. The van der Waals surface area contributed by atoms with Gasteiger partial charge in [0.1, 0.15) is 5.82 Å². The molecule has 0 saturated carbocycles. The van der Waals surface area contributed by atoms with E-state index >= 15 is 0 Å². The van der Waals surface area contributed by atoms with Crippen molar-refractivity contribution in [1.82, 2.24) is 20.5 Å². The zero-order valence-corrected chi connectivity index (χ0v) is 16.3. The van der Waals surface area contributed by atoms with E-state index in [0.29, 0.717) is 10.4 Å². The number of urea groups is 1.